The molecule has 0 aliphatic carbocycles. The van der Waals surface area contributed by atoms with Crippen LogP contribution in [0.4, 0.5) is 5.82 Å². The molecule has 0 spiro atoms. The maximum Gasteiger partial charge on any atom is 0.265 e. The Labute approximate surface area is 108 Å². The molecule has 19 heavy (non-hydrogen) atoms. The molecule has 0 unspecified atom stereocenters. The molecule has 0 saturated heterocycles. The number of hydrogen-bond donors (Lipinski definition) is 1. The highest BCUT2D eigenvalue weighted by Crippen LogP contribution is 2.26. The van der Waals surface area contributed by atoms with Gasteiger partial charge < -0.3 is 10.5 Å². The van der Waals surface area contributed by atoms with E-state index in [4.69, 9.17) is 15.7 Å². The highest BCUT2D eigenvalue weighted by molar-refractivity contribution is 5.55. The van der Waals surface area contributed by atoms with Crippen LogP contribution in [-0.4, -0.2) is 14.4 Å². The molecule has 0 fully saturated rings. The monoisotopic (exact) mass is 251 g/mol. The third-order valence-electron chi connectivity index (χ3n) is 2.58. The molecular formula is C13H9N5O. The molecule has 2 N–H and O–H groups in total. The third kappa shape index (κ3) is 1.93. The van der Waals surface area contributed by atoms with E-state index < -0.39 is 0 Å². The molecule has 6 nitrogen and oxygen atoms in total. The predicted octanol–water partition coefficient (Wildman–Crippen LogP) is 1.98. The Morgan fingerprint density at radius 2 is 2.16 bits per heavy atom. The zero-order valence-electron chi connectivity index (χ0n) is 9.82. The number of aromatic nitrogens is 3. The number of nitrogens with two attached hydrogens (primary N) is 1. The lowest BCUT2D eigenvalue weighted by atomic mass is 10.2. The van der Waals surface area contributed by atoms with Crippen LogP contribution in [0.25, 0.3) is 5.65 Å². The Morgan fingerprint density at radius 1 is 1.32 bits per heavy atom. The van der Waals surface area contributed by atoms with Gasteiger partial charge in [0.05, 0.1) is 11.8 Å². The van der Waals surface area contributed by atoms with E-state index in [1.54, 1.807) is 47.3 Å². The van der Waals surface area contributed by atoms with Crippen molar-refractivity contribution in [1.82, 2.24) is 14.4 Å². The summed E-state index contributed by atoms with van der Waals surface area (Å²) in [6, 6.07) is 8.98. The molecular weight excluding hydrogens is 242 g/mol. The Balaban J connectivity index is 2.11. The number of anilines is 1. The fraction of sp³-hybridized carbons (Fsp3) is 0. The minimum absolute atomic E-state index is 0.271. The fourth-order valence-electron chi connectivity index (χ4n) is 1.74. The topological polar surface area (TPSA) is 89.2 Å². The van der Waals surface area contributed by atoms with E-state index >= 15 is 0 Å². The van der Waals surface area contributed by atoms with Crippen LogP contribution in [0, 0.1) is 11.3 Å². The van der Waals surface area contributed by atoms with E-state index in [2.05, 4.69) is 16.0 Å². The van der Waals surface area contributed by atoms with Crippen molar-refractivity contribution in [3.8, 4) is 17.7 Å². The summed E-state index contributed by atoms with van der Waals surface area (Å²) >= 11 is 0. The van der Waals surface area contributed by atoms with E-state index in [0.717, 1.165) is 0 Å². The molecule has 0 bridgehead atoms. The molecule has 1 aromatic carbocycles. The molecule has 2 aromatic heterocycles. The van der Waals surface area contributed by atoms with Crippen LogP contribution >= 0.6 is 0 Å². The summed E-state index contributed by atoms with van der Waals surface area (Å²) < 4.78 is 7.37. The Bertz CT molecular complexity index is 787. The standard InChI is InChI=1S/C13H9N5O/c14-7-9-3-1-2-4-10(9)19-13-12-16-5-6-18(12)8-11(15)17-13/h1-6,8H,15H2. The van der Waals surface area contributed by atoms with Gasteiger partial charge in [-0.25, -0.2) is 4.98 Å². The van der Waals surface area contributed by atoms with Gasteiger partial charge in [0, 0.05) is 12.4 Å². The van der Waals surface area contributed by atoms with Crippen LogP contribution in [0.5, 0.6) is 11.6 Å². The van der Waals surface area contributed by atoms with E-state index in [9.17, 15) is 0 Å². The molecule has 3 aromatic rings. The fourth-order valence-corrected chi connectivity index (χ4v) is 1.74. The van der Waals surface area contributed by atoms with Gasteiger partial charge in [0.2, 0.25) is 5.65 Å². The van der Waals surface area contributed by atoms with Gasteiger partial charge >= 0.3 is 0 Å². The van der Waals surface area contributed by atoms with Gasteiger partial charge in [-0.2, -0.15) is 10.2 Å². The first kappa shape index (κ1) is 11.0. The molecule has 3 rings (SSSR count). The van der Waals surface area contributed by atoms with Crippen LogP contribution in [0.15, 0.2) is 42.9 Å². The van der Waals surface area contributed by atoms with Gasteiger partial charge in [-0.3, -0.25) is 4.40 Å². The first-order valence-electron chi connectivity index (χ1n) is 5.54. The van der Waals surface area contributed by atoms with Crippen LogP contribution in [-0.2, 0) is 0 Å². The van der Waals surface area contributed by atoms with Crippen molar-refractivity contribution in [1.29, 1.82) is 5.26 Å². The average molecular weight is 251 g/mol. The summed E-state index contributed by atoms with van der Waals surface area (Å²) in [5.74, 6) is 1.01. The van der Waals surface area contributed by atoms with Crippen molar-refractivity contribution in [2.45, 2.75) is 0 Å². The Hall–Kier alpha value is -3.07. The van der Waals surface area contributed by atoms with E-state index in [0.29, 0.717) is 22.8 Å². The lowest BCUT2D eigenvalue weighted by Crippen LogP contribution is -1.99. The van der Waals surface area contributed by atoms with Crippen molar-refractivity contribution in [2.24, 2.45) is 0 Å². The second-order valence-electron chi connectivity index (χ2n) is 3.84. The second-order valence-corrected chi connectivity index (χ2v) is 3.84. The molecule has 0 saturated carbocycles. The number of nitrogens with zero attached hydrogens (tertiary/aromatic N) is 4. The van der Waals surface area contributed by atoms with E-state index in [1.165, 1.54) is 0 Å². The number of nitriles is 1. The van der Waals surface area contributed by atoms with E-state index in [-0.39, 0.29) is 5.88 Å². The summed E-state index contributed by atoms with van der Waals surface area (Å²) in [6.45, 7) is 0. The predicted molar refractivity (Wildman–Crippen MR) is 68.6 cm³/mol. The number of imidazole rings is 1. The normalized spacial score (nSPS) is 10.3. The maximum atomic E-state index is 9.03. The molecule has 0 radical (unpaired) electrons. The van der Waals surface area contributed by atoms with Crippen molar-refractivity contribution < 1.29 is 4.74 Å². The van der Waals surface area contributed by atoms with Crippen LogP contribution in [0.2, 0.25) is 0 Å². The quantitative estimate of drug-likeness (QED) is 0.752. The molecule has 0 aliphatic heterocycles. The zero-order chi connectivity index (χ0) is 13.2. The minimum Gasteiger partial charge on any atom is -0.434 e. The third-order valence-corrected chi connectivity index (χ3v) is 2.58. The summed E-state index contributed by atoms with van der Waals surface area (Å²) in [5.41, 5.74) is 6.67. The van der Waals surface area contributed by atoms with Gasteiger partial charge in [-0.1, -0.05) is 12.1 Å². The number of para-hydroxylation sites is 1. The number of rotatable bonds is 2. The van der Waals surface area contributed by atoms with Gasteiger partial charge in [-0.15, -0.1) is 0 Å². The Kier molecular flexibility index (Phi) is 2.50. The largest absolute Gasteiger partial charge is 0.434 e. The lowest BCUT2D eigenvalue weighted by Gasteiger charge is -2.07. The van der Waals surface area contributed by atoms with Crippen molar-refractivity contribution >= 4 is 11.5 Å². The molecule has 0 aliphatic rings. The van der Waals surface area contributed by atoms with E-state index in [1.807, 2.05) is 0 Å². The molecule has 0 atom stereocenters. The SMILES string of the molecule is N#Cc1ccccc1Oc1nc(N)cn2ccnc12. The van der Waals surface area contributed by atoms with Gasteiger partial charge in [0.1, 0.15) is 17.6 Å². The second kappa shape index (κ2) is 4.31. The van der Waals surface area contributed by atoms with Crippen molar-refractivity contribution in [3.63, 3.8) is 0 Å². The molecule has 6 heteroatoms. The maximum absolute atomic E-state index is 9.03. The first-order valence-corrected chi connectivity index (χ1v) is 5.54. The molecule has 92 valence electrons. The summed E-state index contributed by atoms with van der Waals surface area (Å²) in [7, 11) is 0. The van der Waals surface area contributed by atoms with Crippen LogP contribution in [0.3, 0.4) is 0 Å². The van der Waals surface area contributed by atoms with Crippen LogP contribution in [0.1, 0.15) is 5.56 Å². The van der Waals surface area contributed by atoms with Gasteiger partial charge in [0.25, 0.3) is 5.88 Å². The number of fused-ring (bicyclic) bond motifs is 1. The minimum atomic E-state index is 0.271. The lowest BCUT2D eigenvalue weighted by molar-refractivity contribution is 0.464. The summed E-state index contributed by atoms with van der Waals surface area (Å²) in [4.78, 5) is 8.26. The number of nitrogen functional groups attached to an aromatic ring is 1. The molecule has 2 heterocycles. The number of ether oxygens (including phenoxy) is 1. The number of hydrogen-bond acceptors (Lipinski definition) is 5. The first-order chi connectivity index (χ1) is 9.28. The summed E-state index contributed by atoms with van der Waals surface area (Å²) in [5, 5.41) is 9.03. The zero-order valence-corrected chi connectivity index (χ0v) is 9.82. The van der Waals surface area contributed by atoms with Gasteiger partial charge in [-0.05, 0) is 12.1 Å². The highest BCUT2D eigenvalue weighted by atomic mass is 16.5. The van der Waals surface area contributed by atoms with Crippen molar-refractivity contribution in [2.75, 3.05) is 5.73 Å². The Morgan fingerprint density at radius 3 is 3.00 bits per heavy atom. The molecule has 0 amide bonds. The summed E-state index contributed by atoms with van der Waals surface area (Å²) in [6.07, 6.45) is 5.02. The average Bonchev–Trinajstić information content (AvgIpc) is 2.87. The number of benzene rings is 1. The van der Waals surface area contributed by atoms with Crippen LogP contribution < -0.4 is 10.5 Å². The smallest absolute Gasteiger partial charge is 0.265 e. The van der Waals surface area contributed by atoms with Gasteiger partial charge in [0.15, 0.2) is 0 Å². The highest BCUT2D eigenvalue weighted by Gasteiger charge is 2.10. The van der Waals surface area contributed by atoms with Crippen molar-refractivity contribution in [3.05, 3.63) is 48.4 Å².